The maximum atomic E-state index is 11.9. The molecular formula is C16H25N3O2. The summed E-state index contributed by atoms with van der Waals surface area (Å²) in [6.07, 6.45) is 2.33. The van der Waals surface area contributed by atoms with Gasteiger partial charge in [-0.3, -0.25) is 0 Å². The van der Waals surface area contributed by atoms with Crippen LogP contribution in [-0.4, -0.2) is 50.7 Å². The van der Waals surface area contributed by atoms with Crippen LogP contribution in [0, 0.1) is 0 Å². The van der Waals surface area contributed by atoms with Gasteiger partial charge in [-0.25, -0.2) is 4.79 Å². The van der Waals surface area contributed by atoms with Crippen molar-refractivity contribution in [3.05, 3.63) is 23.8 Å². The molecule has 1 aromatic carbocycles. The number of hydrogen-bond acceptors (Lipinski definition) is 5. The fourth-order valence-corrected chi connectivity index (χ4v) is 2.84. The van der Waals surface area contributed by atoms with Crippen LogP contribution in [0.25, 0.3) is 0 Å². The summed E-state index contributed by atoms with van der Waals surface area (Å²) < 4.78 is 5.06. The Morgan fingerprint density at radius 3 is 2.95 bits per heavy atom. The highest BCUT2D eigenvalue weighted by molar-refractivity contribution is 5.92. The number of esters is 1. The maximum absolute atomic E-state index is 11.9. The molecule has 1 aromatic rings. The van der Waals surface area contributed by atoms with Crippen LogP contribution in [0.4, 0.5) is 11.4 Å². The van der Waals surface area contributed by atoms with Crippen LogP contribution in [-0.2, 0) is 4.74 Å². The Balaban J connectivity index is 2.21. The number of benzene rings is 1. The smallest absolute Gasteiger partial charge is 0.338 e. The van der Waals surface area contributed by atoms with E-state index in [1.165, 1.54) is 6.42 Å². The number of likely N-dealkylation sites (N-methyl/N-ethyl adjacent to an activating group) is 2. The first-order chi connectivity index (χ1) is 10.0. The lowest BCUT2D eigenvalue weighted by molar-refractivity contribution is 0.0526. The van der Waals surface area contributed by atoms with E-state index in [1.807, 2.05) is 13.1 Å². The van der Waals surface area contributed by atoms with Crippen LogP contribution < -0.4 is 10.6 Å². The van der Waals surface area contributed by atoms with Crippen molar-refractivity contribution in [3.8, 4) is 0 Å². The maximum Gasteiger partial charge on any atom is 0.338 e. The van der Waals surface area contributed by atoms with E-state index in [2.05, 4.69) is 16.8 Å². The molecule has 1 atom stereocenters. The summed E-state index contributed by atoms with van der Waals surface area (Å²) in [7, 11) is 4.18. The number of ether oxygens (including phenoxy) is 1. The molecule has 1 fully saturated rings. The minimum absolute atomic E-state index is 0.298. The summed E-state index contributed by atoms with van der Waals surface area (Å²) in [6.45, 7) is 4.34. The highest BCUT2D eigenvalue weighted by Gasteiger charge is 2.23. The Morgan fingerprint density at radius 2 is 2.29 bits per heavy atom. The van der Waals surface area contributed by atoms with E-state index in [0.29, 0.717) is 23.9 Å². The van der Waals surface area contributed by atoms with Gasteiger partial charge >= 0.3 is 5.97 Å². The third-order valence-electron chi connectivity index (χ3n) is 4.07. The molecule has 5 heteroatoms. The van der Waals surface area contributed by atoms with Gasteiger partial charge in [-0.2, -0.15) is 0 Å². The molecule has 1 aliphatic rings. The van der Waals surface area contributed by atoms with Gasteiger partial charge in [0.25, 0.3) is 0 Å². The Hall–Kier alpha value is -1.75. The predicted octanol–water partition coefficient (Wildman–Crippen LogP) is 1.98. The molecule has 0 aliphatic carbocycles. The van der Waals surface area contributed by atoms with Crippen molar-refractivity contribution in [2.45, 2.75) is 25.8 Å². The number of anilines is 2. The first-order valence-electron chi connectivity index (χ1n) is 7.51. The number of piperidine rings is 1. The summed E-state index contributed by atoms with van der Waals surface area (Å²) in [6, 6.07) is 5.76. The quantitative estimate of drug-likeness (QED) is 0.679. The normalized spacial score (nSPS) is 19.3. The number of carbonyl (C=O) groups excluding carboxylic acids is 1. The first-order valence-corrected chi connectivity index (χ1v) is 7.51. The molecule has 1 heterocycles. The molecule has 1 unspecified atom stereocenters. The monoisotopic (exact) mass is 291 g/mol. The van der Waals surface area contributed by atoms with Gasteiger partial charge in [0, 0.05) is 19.6 Å². The van der Waals surface area contributed by atoms with Gasteiger partial charge in [0.15, 0.2) is 0 Å². The number of nitrogens with zero attached hydrogens (tertiary/aromatic N) is 2. The van der Waals surface area contributed by atoms with Crippen molar-refractivity contribution in [3.63, 3.8) is 0 Å². The minimum atomic E-state index is -0.298. The lowest BCUT2D eigenvalue weighted by atomic mass is 10.0. The van der Waals surface area contributed by atoms with Crippen molar-refractivity contribution < 1.29 is 9.53 Å². The summed E-state index contributed by atoms with van der Waals surface area (Å²) in [5.41, 5.74) is 8.25. The number of likely N-dealkylation sites (tertiary alicyclic amines) is 1. The lowest BCUT2D eigenvalue weighted by Crippen LogP contribution is -2.45. The van der Waals surface area contributed by atoms with Gasteiger partial charge in [-0.05, 0) is 51.6 Å². The molecule has 0 radical (unpaired) electrons. The number of hydrogen-bond donors (Lipinski definition) is 1. The second-order valence-electron chi connectivity index (χ2n) is 5.66. The van der Waals surface area contributed by atoms with Gasteiger partial charge in [-0.1, -0.05) is 0 Å². The van der Waals surface area contributed by atoms with Gasteiger partial charge in [0.2, 0.25) is 0 Å². The van der Waals surface area contributed by atoms with E-state index >= 15 is 0 Å². The summed E-state index contributed by atoms with van der Waals surface area (Å²) in [4.78, 5) is 16.4. The fourth-order valence-electron chi connectivity index (χ4n) is 2.84. The Labute approximate surface area is 126 Å². The molecule has 2 N–H and O–H groups in total. The molecule has 5 nitrogen and oxygen atoms in total. The Kier molecular flexibility index (Phi) is 5.07. The fraction of sp³-hybridized carbons (Fsp3) is 0.562. The van der Waals surface area contributed by atoms with Gasteiger partial charge in [0.1, 0.15) is 0 Å². The van der Waals surface area contributed by atoms with E-state index in [-0.39, 0.29) is 5.97 Å². The zero-order valence-corrected chi connectivity index (χ0v) is 13.1. The molecule has 0 amide bonds. The molecule has 0 spiro atoms. The largest absolute Gasteiger partial charge is 0.462 e. The first kappa shape index (κ1) is 15.6. The van der Waals surface area contributed by atoms with Crippen molar-refractivity contribution in [1.82, 2.24) is 4.90 Å². The van der Waals surface area contributed by atoms with E-state index in [0.717, 1.165) is 25.2 Å². The highest BCUT2D eigenvalue weighted by atomic mass is 16.5. The van der Waals surface area contributed by atoms with Crippen molar-refractivity contribution >= 4 is 17.3 Å². The summed E-state index contributed by atoms with van der Waals surface area (Å²) in [5.74, 6) is -0.298. The topological polar surface area (TPSA) is 58.8 Å². The van der Waals surface area contributed by atoms with E-state index in [1.54, 1.807) is 19.1 Å². The van der Waals surface area contributed by atoms with Gasteiger partial charge in [-0.15, -0.1) is 0 Å². The van der Waals surface area contributed by atoms with Crippen LogP contribution in [0.3, 0.4) is 0 Å². The Bertz CT molecular complexity index is 504. The zero-order valence-electron chi connectivity index (χ0n) is 13.1. The number of rotatable bonds is 4. The zero-order chi connectivity index (χ0) is 15.4. The molecule has 1 aliphatic heterocycles. The lowest BCUT2D eigenvalue weighted by Gasteiger charge is -2.37. The second kappa shape index (κ2) is 6.80. The molecule has 0 saturated carbocycles. The third kappa shape index (κ3) is 3.67. The predicted molar refractivity (Wildman–Crippen MR) is 85.7 cm³/mol. The van der Waals surface area contributed by atoms with Crippen LogP contribution in [0.15, 0.2) is 18.2 Å². The standard InChI is InChI=1S/C16H25N3O2/c1-4-21-16(20)12-7-8-14(17)15(10-12)19(3)13-6-5-9-18(2)11-13/h7-8,10,13H,4-6,9,11,17H2,1-3H3. The van der Waals surface area contributed by atoms with E-state index in [4.69, 9.17) is 10.5 Å². The molecule has 0 bridgehead atoms. The van der Waals surface area contributed by atoms with E-state index < -0.39 is 0 Å². The third-order valence-corrected chi connectivity index (χ3v) is 4.07. The SMILES string of the molecule is CCOC(=O)c1ccc(N)c(N(C)C2CCCN(C)C2)c1. The number of nitrogen functional groups attached to an aromatic ring is 1. The summed E-state index contributed by atoms with van der Waals surface area (Å²) in [5, 5.41) is 0. The van der Waals surface area contributed by atoms with Crippen LogP contribution >= 0.6 is 0 Å². The van der Waals surface area contributed by atoms with Crippen LogP contribution in [0.1, 0.15) is 30.1 Å². The second-order valence-corrected chi connectivity index (χ2v) is 5.66. The number of nitrogens with two attached hydrogens (primary N) is 1. The van der Waals surface area contributed by atoms with Crippen molar-refractivity contribution in [2.24, 2.45) is 0 Å². The van der Waals surface area contributed by atoms with Crippen LogP contribution in [0.5, 0.6) is 0 Å². The molecule has 2 rings (SSSR count). The van der Waals surface area contributed by atoms with Crippen LogP contribution in [0.2, 0.25) is 0 Å². The average Bonchev–Trinajstić information content (AvgIpc) is 2.47. The highest BCUT2D eigenvalue weighted by Crippen LogP contribution is 2.28. The summed E-state index contributed by atoms with van der Waals surface area (Å²) >= 11 is 0. The van der Waals surface area contributed by atoms with Crippen molar-refractivity contribution in [2.75, 3.05) is 44.4 Å². The molecule has 21 heavy (non-hydrogen) atoms. The molecular weight excluding hydrogens is 266 g/mol. The van der Waals surface area contributed by atoms with Crippen molar-refractivity contribution in [1.29, 1.82) is 0 Å². The molecule has 116 valence electrons. The average molecular weight is 291 g/mol. The van der Waals surface area contributed by atoms with Gasteiger partial charge in [0.05, 0.1) is 23.5 Å². The number of carbonyl (C=O) groups is 1. The molecule has 0 aromatic heterocycles. The Morgan fingerprint density at radius 1 is 1.52 bits per heavy atom. The van der Waals surface area contributed by atoms with E-state index in [9.17, 15) is 4.79 Å². The van der Waals surface area contributed by atoms with Gasteiger partial charge < -0.3 is 20.3 Å². The molecule has 1 saturated heterocycles. The minimum Gasteiger partial charge on any atom is -0.462 e.